The number of rotatable bonds is 3. The van der Waals surface area contributed by atoms with E-state index in [9.17, 15) is 9.59 Å². The number of aromatic nitrogens is 1. The summed E-state index contributed by atoms with van der Waals surface area (Å²) in [6.07, 6.45) is 3.72. The molecule has 0 aromatic carbocycles. The van der Waals surface area contributed by atoms with Crippen molar-refractivity contribution in [3.63, 3.8) is 0 Å². The maximum atomic E-state index is 12.5. The molecule has 3 rings (SSSR count). The van der Waals surface area contributed by atoms with Crippen molar-refractivity contribution in [1.82, 2.24) is 15.2 Å². The third kappa shape index (κ3) is 1.97. The van der Waals surface area contributed by atoms with Crippen molar-refractivity contribution in [2.45, 2.75) is 44.8 Å². The van der Waals surface area contributed by atoms with Crippen molar-refractivity contribution < 1.29 is 9.59 Å². The van der Waals surface area contributed by atoms with E-state index in [1.54, 1.807) is 18.0 Å². The number of pyridine rings is 1. The minimum atomic E-state index is -0.735. The number of hydrogen-bond acceptors (Lipinski definition) is 3. The van der Waals surface area contributed by atoms with Crippen molar-refractivity contribution in [1.29, 1.82) is 0 Å². The Balaban J connectivity index is 1.94. The minimum Gasteiger partial charge on any atom is -0.343 e. The summed E-state index contributed by atoms with van der Waals surface area (Å²) in [6, 6.07) is 5.17. The standard InChI is InChI=1S/C15H19N3O2/c1-10-13(19)18(9-12-5-3-4-8-16-12)15(2,11-6-7-11)14(20)17-10/h3-5,8,10-11H,6-7,9H2,1-2H3,(H,17,20). The van der Waals surface area contributed by atoms with Crippen LogP contribution in [0.3, 0.4) is 0 Å². The molecule has 20 heavy (non-hydrogen) atoms. The third-order valence-corrected chi connectivity index (χ3v) is 4.42. The summed E-state index contributed by atoms with van der Waals surface area (Å²) in [5.41, 5.74) is 0.0795. The van der Waals surface area contributed by atoms with Crippen LogP contribution in [-0.2, 0) is 16.1 Å². The van der Waals surface area contributed by atoms with Crippen LogP contribution in [0.25, 0.3) is 0 Å². The molecule has 1 aliphatic carbocycles. The fraction of sp³-hybridized carbons (Fsp3) is 0.533. The number of hydrogen-bond donors (Lipinski definition) is 1. The lowest BCUT2D eigenvalue weighted by Crippen LogP contribution is -2.69. The molecule has 2 fully saturated rings. The van der Waals surface area contributed by atoms with Gasteiger partial charge in [0.25, 0.3) is 0 Å². The number of amides is 2. The first-order chi connectivity index (χ1) is 9.53. The second-order valence-electron chi connectivity index (χ2n) is 5.86. The minimum absolute atomic E-state index is 0.0235. The molecule has 106 valence electrons. The van der Waals surface area contributed by atoms with E-state index >= 15 is 0 Å². The average molecular weight is 273 g/mol. The fourth-order valence-electron chi connectivity index (χ4n) is 2.94. The van der Waals surface area contributed by atoms with Crippen LogP contribution in [0.4, 0.5) is 0 Å². The quantitative estimate of drug-likeness (QED) is 0.897. The van der Waals surface area contributed by atoms with Crippen molar-refractivity contribution in [3.05, 3.63) is 30.1 Å². The Morgan fingerprint density at radius 1 is 1.40 bits per heavy atom. The first-order valence-corrected chi connectivity index (χ1v) is 7.06. The largest absolute Gasteiger partial charge is 0.343 e. The monoisotopic (exact) mass is 273 g/mol. The SMILES string of the molecule is CC1NC(=O)C(C)(C2CC2)N(Cc2ccccn2)C1=O. The molecule has 5 nitrogen and oxygen atoms in total. The molecule has 1 saturated carbocycles. The predicted octanol–water partition coefficient (Wildman–Crippen LogP) is 1.10. The lowest BCUT2D eigenvalue weighted by atomic mass is 9.88. The molecule has 0 bridgehead atoms. The number of nitrogens with zero attached hydrogens (tertiary/aromatic N) is 2. The molecular formula is C15H19N3O2. The maximum Gasteiger partial charge on any atom is 0.246 e. The first kappa shape index (κ1) is 13.1. The van der Waals surface area contributed by atoms with E-state index in [1.165, 1.54) is 0 Å². The highest BCUT2D eigenvalue weighted by atomic mass is 16.2. The highest BCUT2D eigenvalue weighted by Gasteiger charge is 2.56. The lowest BCUT2D eigenvalue weighted by Gasteiger charge is -2.46. The van der Waals surface area contributed by atoms with Gasteiger partial charge in [0.05, 0.1) is 12.2 Å². The van der Waals surface area contributed by atoms with Gasteiger partial charge in [-0.3, -0.25) is 14.6 Å². The van der Waals surface area contributed by atoms with Gasteiger partial charge in [0.2, 0.25) is 11.8 Å². The topological polar surface area (TPSA) is 62.3 Å². The smallest absolute Gasteiger partial charge is 0.246 e. The number of nitrogens with one attached hydrogen (secondary N) is 1. The molecule has 2 amide bonds. The Morgan fingerprint density at radius 2 is 2.15 bits per heavy atom. The Bertz CT molecular complexity index is 541. The van der Waals surface area contributed by atoms with Crippen molar-refractivity contribution in [3.8, 4) is 0 Å². The van der Waals surface area contributed by atoms with Crippen LogP contribution in [-0.4, -0.2) is 33.3 Å². The molecule has 1 aliphatic heterocycles. The van der Waals surface area contributed by atoms with E-state index in [-0.39, 0.29) is 17.7 Å². The van der Waals surface area contributed by atoms with Gasteiger partial charge in [-0.25, -0.2) is 0 Å². The van der Waals surface area contributed by atoms with E-state index in [2.05, 4.69) is 10.3 Å². The summed E-state index contributed by atoms with van der Waals surface area (Å²) in [6.45, 7) is 4.01. The molecule has 2 unspecified atom stereocenters. The Morgan fingerprint density at radius 3 is 2.75 bits per heavy atom. The molecule has 1 aromatic rings. The summed E-state index contributed by atoms with van der Waals surface area (Å²) in [4.78, 5) is 30.9. The van der Waals surface area contributed by atoms with Crippen LogP contribution in [0.15, 0.2) is 24.4 Å². The fourth-order valence-corrected chi connectivity index (χ4v) is 2.94. The Hall–Kier alpha value is -1.91. The lowest BCUT2D eigenvalue weighted by molar-refractivity contribution is -0.158. The second kappa shape index (κ2) is 4.58. The summed E-state index contributed by atoms with van der Waals surface area (Å²) in [7, 11) is 0. The zero-order valence-corrected chi connectivity index (χ0v) is 11.8. The molecule has 1 aromatic heterocycles. The number of carbonyl (C=O) groups is 2. The van der Waals surface area contributed by atoms with Gasteiger partial charge in [0, 0.05) is 6.20 Å². The molecule has 2 aliphatic rings. The second-order valence-corrected chi connectivity index (χ2v) is 5.86. The average Bonchev–Trinajstić information content (AvgIpc) is 3.27. The van der Waals surface area contributed by atoms with Crippen LogP contribution in [0.2, 0.25) is 0 Å². The van der Waals surface area contributed by atoms with Gasteiger partial charge in [0.1, 0.15) is 11.6 Å². The normalized spacial score (nSPS) is 30.3. The summed E-state index contributed by atoms with van der Waals surface area (Å²) in [5, 5.41) is 2.81. The first-order valence-electron chi connectivity index (χ1n) is 7.06. The molecule has 0 radical (unpaired) electrons. The third-order valence-electron chi connectivity index (χ3n) is 4.42. The van der Waals surface area contributed by atoms with Gasteiger partial charge in [-0.1, -0.05) is 6.07 Å². The zero-order valence-electron chi connectivity index (χ0n) is 11.8. The van der Waals surface area contributed by atoms with Gasteiger partial charge in [-0.05, 0) is 44.7 Å². The van der Waals surface area contributed by atoms with Gasteiger partial charge >= 0.3 is 0 Å². The van der Waals surface area contributed by atoms with Crippen LogP contribution >= 0.6 is 0 Å². The highest BCUT2D eigenvalue weighted by Crippen LogP contribution is 2.45. The molecule has 2 heterocycles. The van der Waals surface area contributed by atoms with E-state index in [1.807, 2.05) is 25.1 Å². The van der Waals surface area contributed by atoms with Crippen LogP contribution < -0.4 is 5.32 Å². The molecule has 5 heteroatoms. The molecular weight excluding hydrogens is 254 g/mol. The molecule has 1 saturated heterocycles. The Kier molecular flexibility index (Phi) is 3.00. The van der Waals surface area contributed by atoms with E-state index in [0.29, 0.717) is 6.54 Å². The van der Waals surface area contributed by atoms with Gasteiger partial charge in [-0.2, -0.15) is 0 Å². The van der Waals surface area contributed by atoms with Gasteiger partial charge in [0.15, 0.2) is 0 Å². The Labute approximate surface area is 118 Å². The van der Waals surface area contributed by atoms with Gasteiger partial charge in [-0.15, -0.1) is 0 Å². The number of piperazine rings is 1. The van der Waals surface area contributed by atoms with Crippen LogP contribution in [0.5, 0.6) is 0 Å². The van der Waals surface area contributed by atoms with E-state index in [4.69, 9.17) is 0 Å². The predicted molar refractivity (Wildman–Crippen MR) is 73.5 cm³/mol. The molecule has 1 N–H and O–H groups in total. The maximum absolute atomic E-state index is 12.5. The van der Waals surface area contributed by atoms with Gasteiger partial charge < -0.3 is 10.2 Å². The zero-order chi connectivity index (χ0) is 14.3. The summed E-state index contributed by atoms with van der Waals surface area (Å²) < 4.78 is 0. The van der Waals surface area contributed by atoms with E-state index in [0.717, 1.165) is 18.5 Å². The molecule has 0 spiro atoms. The number of carbonyl (C=O) groups excluding carboxylic acids is 2. The molecule has 2 atom stereocenters. The van der Waals surface area contributed by atoms with Crippen molar-refractivity contribution in [2.75, 3.05) is 0 Å². The van der Waals surface area contributed by atoms with Crippen molar-refractivity contribution in [2.24, 2.45) is 5.92 Å². The summed E-state index contributed by atoms with van der Waals surface area (Å²) in [5.74, 6) is 0.204. The highest BCUT2D eigenvalue weighted by molar-refractivity contribution is 5.99. The van der Waals surface area contributed by atoms with E-state index < -0.39 is 11.6 Å². The van der Waals surface area contributed by atoms with Crippen LogP contribution in [0, 0.1) is 5.92 Å². The van der Waals surface area contributed by atoms with Crippen molar-refractivity contribution >= 4 is 11.8 Å². The summed E-state index contributed by atoms with van der Waals surface area (Å²) >= 11 is 0. The van der Waals surface area contributed by atoms with Crippen LogP contribution in [0.1, 0.15) is 32.4 Å².